The van der Waals surface area contributed by atoms with Gasteiger partial charge in [-0.2, -0.15) is 0 Å². The van der Waals surface area contributed by atoms with Gasteiger partial charge in [0.1, 0.15) is 5.78 Å². The molecule has 3 heteroatoms. The van der Waals surface area contributed by atoms with Crippen molar-refractivity contribution in [3.05, 3.63) is 34.9 Å². The molecular weight excluding hydrogens is 336 g/mol. The lowest BCUT2D eigenvalue weighted by Gasteiger charge is -2.43. The first-order valence-electron chi connectivity index (χ1n) is 10.8. The monoisotopic (exact) mass is 370 g/mol. The molecule has 3 nitrogen and oxygen atoms in total. The minimum absolute atomic E-state index is 0.174. The highest BCUT2D eigenvalue weighted by Gasteiger charge is 2.57. The Hall–Kier alpha value is -1.19. The third-order valence-corrected chi connectivity index (χ3v) is 7.64. The van der Waals surface area contributed by atoms with E-state index in [-0.39, 0.29) is 10.8 Å². The van der Waals surface area contributed by atoms with Gasteiger partial charge in [0.2, 0.25) is 0 Å². The molecule has 0 aromatic carbocycles. The van der Waals surface area contributed by atoms with Crippen LogP contribution in [0.25, 0.3) is 0 Å². The van der Waals surface area contributed by atoms with Gasteiger partial charge in [-0.15, -0.1) is 0 Å². The number of Topliss-reactive ketones (excluding diaryl/α,β-unsaturated/α-hetero) is 1. The Morgan fingerprint density at radius 2 is 1.89 bits per heavy atom. The molecule has 0 aromatic heterocycles. The molecule has 3 fully saturated rings. The van der Waals surface area contributed by atoms with Gasteiger partial charge in [0.15, 0.2) is 0 Å². The molecule has 4 aliphatic carbocycles. The van der Waals surface area contributed by atoms with E-state index in [1.54, 1.807) is 12.5 Å². The lowest BCUT2D eigenvalue weighted by molar-refractivity contribution is -0.118. The first-order chi connectivity index (χ1) is 12.8. The van der Waals surface area contributed by atoms with Crippen LogP contribution >= 0.6 is 0 Å². The van der Waals surface area contributed by atoms with Crippen molar-refractivity contribution in [3.63, 3.8) is 0 Å². The Kier molecular flexibility index (Phi) is 4.97. The predicted molar refractivity (Wildman–Crippen MR) is 107 cm³/mol. The van der Waals surface area contributed by atoms with Crippen LogP contribution in [0.3, 0.4) is 0 Å². The zero-order valence-corrected chi connectivity index (χ0v) is 16.8. The van der Waals surface area contributed by atoms with E-state index in [1.165, 1.54) is 36.8 Å². The highest BCUT2D eigenvalue weighted by atomic mass is 16.3. The van der Waals surface area contributed by atoms with Crippen LogP contribution in [0.1, 0.15) is 78.1 Å². The summed E-state index contributed by atoms with van der Waals surface area (Å²) in [6.45, 7) is 4.17. The number of fused-ring (bicyclic) bond motifs is 1. The molecule has 0 amide bonds. The number of aliphatic hydroxyl groups excluding tert-OH is 2. The summed E-state index contributed by atoms with van der Waals surface area (Å²) < 4.78 is 0. The van der Waals surface area contributed by atoms with E-state index in [0.29, 0.717) is 31.0 Å². The Morgan fingerprint density at radius 1 is 1.19 bits per heavy atom. The number of hydrogen-bond acceptors (Lipinski definition) is 3. The Morgan fingerprint density at radius 3 is 2.52 bits per heavy atom. The van der Waals surface area contributed by atoms with E-state index in [4.69, 9.17) is 0 Å². The molecule has 0 aromatic rings. The molecular formula is C24H34O3. The van der Waals surface area contributed by atoms with Gasteiger partial charge in [-0.3, -0.25) is 4.79 Å². The van der Waals surface area contributed by atoms with E-state index < -0.39 is 12.2 Å². The number of hydrogen-bond donors (Lipinski definition) is 2. The van der Waals surface area contributed by atoms with Crippen LogP contribution < -0.4 is 0 Å². The van der Waals surface area contributed by atoms with Gasteiger partial charge < -0.3 is 10.2 Å². The van der Waals surface area contributed by atoms with Crippen molar-refractivity contribution in [3.8, 4) is 0 Å². The third-order valence-electron chi connectivity index (χ3n) is 7.64. The Labute approximate surface area is 163 Å². The van der Waals surface area contributed by atoms with E-state index in [2.05, 4.69) is 25.2 Å². The minimum atomic E-state index is -0.406. The van der Waals surface area contributed by atoms with Gasteiger partial charge in [0.25, 0.3) is 0 Å². The summed E-state index contributed by atoms with van der Waals surface area (Å²) in [5.41, 5.74) is 4.66. The van der Waals surface area contributed by atoms with Crippen molar-refractivity contribution < 1.29 is 15.0 Å². The van der Waals surface area contributed by atoms with Crippen LogP contribution in [0, 0.1) is 16.7 Å². The van der Waals surface area contributed by atoms with Gasteiger partial charge in [-0.25, -0.2) is 0 Å². The number of carbonyl (C=O) groups is 1. The number of allylic oxidation sites excluding steroid dienone is 5. The highest BCUT2D eigenvalue weighted by Crippen LogP contribution is 2.67. The number of aliphatic hydroxyl groups is 2. The standard InChI is InChI=1S/C24H34O3/c1-16(25)15-24(10-11-24)22-8-7-21-18(4-3-9-23(21,22)2)6-5-17-12-19(26)14-20(27)13-17/h5-6,8,19-21,26-27H,3-4,7,9-15H2,1-2H3/b17-5?,18-6+/t19-,20?,21?,23+/m1/s1. The van der Waals surface area contributed by atoms with Gasteiger partial charge in [-0.1, -0.05) is 41.9 Å². The second kappa shape index (κ2) is 7.00. The number of carbonyl (C=O) groups excluding carboxylic acids is 1. The minimum Gasteiger partial charge on any atom is -0.393 e. The third kappa shape index (κ3) is 3.61. The first-order valence-corrected chi connectivity index (χ1v) is 10.8. The number of rotatable bonds is 4. The van der Waals surface area contributed by atoms with Crippen LogP contribution in [-0.2, 0) is 4.79 Å². The molecule has 4 rings (SSSR count). The predicted octanol–water partition coefficient (Wildman–Crippen LogP) is 4.64. The van der Waals surface area contributed by atoms with Crippen LogP contribution in [0.4, 0.5) is 0 Å². The molecule has 4 aliphatic rings. The van der Waals surface area contributed by atoms with Crippen LogP contribution in [0.2, 0.25) is 0 Å². The zero-order valence-electron chi connectivity index (χ0n) is 16.8. The normalized spacial score (nSPS) is 40.7. The van der Waals surface area contributed by atoms with E-state index in [1.807, 2.05) is 0 Å². The summed E-state index contributed by atoms with van der Waals surface area (Å²) in [7, 11) is 0. The maximum absolute atomic E-state index is 11.8. The molecule has 27 heavy (non-hydrogen) atoms. The Bertz CT molecular complexity index is 697. The summed E-state index contributed by atoms with van der Waals surface area (Å²) >= 11 is 0. The summed E-state index contributed by atoms with van der Waals surface area (Å²) in [6, 6.07) is 0. The maximum atomic E-state index is 11.8. The summed E-state index contributed by atoms with van der Waals surface area (Å²) in [5.74, 6) is 0.882. The van der Waals surface area contributed by atoms with Gasteiger partial charge in [0.05, 0.1) is 12.2 Å². The summed E-state index contributed by atoms with van der Waals surface area (Å²) in [6.07, 6.45) is 15.8. The van der Waals surface area contributed by atoms with Crippen LogP contribution in [0.15, 0.2) is 34.9 Å². The lowest BCUT2D eigenvalue weighted by Crippen LogP contribution is -2.34. The topological polar surface area (TPSA) is 57.5 Å². The molecule has 4 atom stereocenters. The molecule has 0 radical (unpaired) electrons. The second-order valence-electron chi connectivity index (χ2n) is 9.85. The maximum Gasteiger partial charge on any atom is 0.130 e. The largest absolute Gasteiger partial charge is 0.393 e. The molecule has 0 heterocycles. The van der Waals surface area contributed by atoms with E-state index in [9.17, 15) is 15.0 Å². The second-order valence-corrected chi connectivity index (χ2v) is 9.85. The fourth-order valence-electron chi connectivity index (χ4n) is 6.34. The SMILES string of the molecule is CC(=O)CC1(C2=CCC3/C(=C/C=C4CC(O)C[C@H](O)C4)CCC[C@]23C)CC1. The molecule has 0 aliphatic heterocycles. The van der Waals surface area contributed by atoms with Gasteiger partial charge >= 0.3 is 0 Å². The van der Waals surface area contributed by atoms with Crippen molar-refractivity contribution in [2.45, 2.75) is 90.3 Å². The average molecular weight is 371 g/mol. The Balaban J connectivity index is 1.54. The summed E-state index contributed by atoms with van der Waals surface area (Å²) in [4.78, 5) is 11.8. The van der Waals surface area contributed by atoms with E-state index in [0.717, 1.165) is 19.3 Å². The van der Waals surface area contributed by atoms with Crippen molar-refractivity contribution in [2.75, 3.05) is 0 Å². The zero-order chi connectivity index (χ0) is 19.2. The van der Waals surface area contributed by atoms with Gasteiger partial charge in [-0.05, 0) is 81.5 Å². The molecule has 2 unspecified atom stereocenters. The molecule has 3 saturated carbocycles. The quantitative estimate of drug-likeness (QED) is 0.709. The van der Waals surface area contributed by atoms with Crippen molar-refractivity contribution in [1.29, 1.82) is 0 Å². The fourth-order valence-corrected chi connectivity index (χ4v) is 6.34. The van der Waals surface area contributed by atoms with Crippen LogP contribution in [0.5, 0.6) is 0 Å². The van der Waals surface area contributed by atoms with E-state index >= 15 is 0 Å². The molecule has 0 saturated heterocycles. The first kappa shape index (κ1) is 19.1. The van der Waals surface area contributed by atoms with Crippen molar-refractivity contribution in [1.82, 2.24) is 0 Å². The fraction of sp³-hybridized carbons (Fsp3) is 0.708. The van der Waals surface area contributed by atoms with Gasteiger partial charge in [0, 0.05) is 6.42 Å². The number of ketones is 1. The average Bonchev–Trinajstić information content (AvgIpc) is 3.23. The molecule has 148 valence electrons. The molecule has 0 bridgehead atoms. The molecule has 0 spiro atoms. The highest BCUT2D eigenvalue weighted by molar-refractivity contribution is 5.77. The summed E-state index contributed by atoms with van der Waals surface area (Å²) in [5, 5.41) is 19.8. The van der Waals surface area contributed by atoms with Crippen molar-refractivity contribution in [2.24, 2.45) is 16.7 Å². The van der Waals surface area contributed by atoms with Crippen molar-refractivity contribution >= 4 is 5.78 Å². The van der Waals surface area contributed by atoms with Crippen LogP contribution in [-0.4, -0.2) is 28.2 Å². The lowest BCUT2D eigenvalue weighted by atomic mass is 9.61. The molecule has 2 N–H and O–H groups in total. The smallest absolute Gasteiger partial charge is 0.130 e.